The van der Waals surface area contributed by atoms with Crippen LogP contribution in [-0.2, 0) is 32.8 Å². The van der Waals surface area contributed by atoms with Crippen molar-refractivity contribution in [1.29, 1.82) is 0 Å². The molecular weight excluding hydrogens is 578 g/mol. The van der Waals surface area contributed by atoms with Gasteiger partial charge in [-0.3, -0.25) is 9.59 Å². The van der Waals surface area contributed by atoms with Crippen LogP contribution in [0, 0.1) is 5.82 Å². The van der Waals surface area contributed by atoms with Crippen molar-refractivity contribution >= 4 is 50.9 Å². The lowest BCUT2D eigenvalue weighted by molar-refractivity contribution is -0.140. The molecule has 1 N–H and O–H groups in total. The molecule has 0 saturated heterocycles. The van der Waals surface area contributed by atoms with Gasteiger partial charge in [-0.25, -0.2) is 8.70 Å². The van der Waals surface area contributed by atoms with E-state index in [-0.39, 0.29) is 23.7 Å². The number of hydrogen-bond donors (Lipinski definition) is 1. The van der Waals surface area contributed by atoms with Gasteiger partial charge >= 0.3 is 10.2 Å². The monoisotopic (exact) mass is 608 g/mol. The molecule has 214 valence electrons. The van der Waals surface area contributed by atoms with Crippen molar-refractivity contribution in [1.82, 2.24) is 14.5 Å². The fraction of sp³-hybridized carbons (Fsp3) is 0.286. The summed E-state index contributed by atoms with van der Waals surface area (Å²) in [6.07, 6.45) is 0.167. The van der Waals surface area contributed by atoms with Gasteiger partial charge in [0.25, 0.3) is 0 Å². The Morgan fingerprint density at radius 1 is 0.975 bits per heavy atom. The normalized spacial score (nSPS) is 12.2. The lowest BCUT2D eigenvalue weighted by Gasteiger charge is -2.34. The molecule has 0 aliphatic carbocycles. The first-order chi connectivity index (χ1) is 18.9. The Bertz CT molecular complexity index is 1420. The molecule has 0 bridgehead atoms. The summed E-state index contributed by atoms with van der Waals surface area (Å²) in [6.45, 7) is 1.34. The molecule has 0 radical (unpaired) electrons. The number of rotatable bonds is 12. The molecule has 0 unspecified atom stereocenters. The van der Waals surface area contributed by atoms with Crippen molar-refractivity contribution in [2.45, 2.75) is 25.9 Å². The van der Waals surface area contributed by atoms with E-state index >= 15 is 0 Å². The fourth-order valence-corrected chi connectivity index (χ4v) is 5.53. The smallest absolute Gasteiger partial charge is 0.304 e. The molecule has 0 aromatic heterocycles. The number of carbonyl (C=O) groups is 2. The molecule has 0 heterocycles. The minimum atomic E-state index is -4.18. The van der Waals surface area contributed by atoms with Crippen molar-refractivity contribution in [3.63, 3.8) is 0 Å². The SMILES string of the molecule is CCNC(=O)[C@H](Cc1ccccc1)N(Cc1ccc(Cl)cc1Cl)C(=O)CN(c1ccc(F)cc1)S(=O)(=O)N(C)C. The number of carbonyl (C=O) groups excluding carboxylic acids is 2. The highest BCUT2D eigenvalue weighted by Crippen LogP contribution is 2.26. The molecule has 3 aromatic rings. The van der Waals surface area contributed by atoms with Crippen molar-refractivity contribution in [2.75, 3.05) is 31.5 Å². The second-order valence-corrected chi connectivity index (χ2v) is 12.0. The maximum atomic E-state index is 14.1. The van der Waals surface area contributed by atoms with Gasteiger partial charge in [-0.15, -0.1) is 0 Å². The van der Waals surface area contributed by atoms with E-state index in [0.29, 0.717) is 17.1 Å². The third kappa shape index (κ3) is 7.94. The summed E-state index contributed by atoms with van der Waals surface area (Å²) >= 11 is 12.5. The van der Waals surface area contributed by atoms with E-state index in [0.717, 1.165) is 26.3 Å². The summed E-state index contributed by atoms with van der Waals surface area (Å²) in [5, 5.41) is 3.47. The molecular formula is C28H31Cl2FN4O4S. The average molecular weight is 610 g/mol. The van der Waals surface area contributed by atoms with Gasteiger partial charge in [-0.2, -0.15) is 12.7 Å². The molecule has 0 spiro atoms. The average Bonchev–Trinajstić information content (AvgIpc) is 2.91. The predicted molar refractivity (Wildman–Crippen MR) is 156 cm³/mol. The third-order valence-corrected chi connectivity index (χ3v) is 8.52. The van der Waals surface area contributed by atoms with Crippen LogP contribution in [0.4, 0.5) is 10.1 Å². The first-order valence-corrected chi connectivity index (χ1v) is 14.6. The minimum absolute atomic E-state index is 0.0885. The van der Waals surface area contributed by atoms with Gasteiger partial charge < -0.3 is 10.2 Å². The number of amides is 2. The number of hydrogen-bond acceptors (Lipinski definition) is 4. The van der Waals surface area contributed by atoms with Crippen molar-refractivity contribution in [3.05, 3.63) is 99.8 Å². The Morgan fingerprint density at radius 3 is 2.20 bits per heavy atom. The summed E-state index contributed by atoms with van der Waals surface area (Å²) in [6, 6.07) is 17.7. The zero-order valence-corrected chi connectivity index (χ0v) is 24.7. The van der Waals surface area contributed by atoms with Crippen LogP contribution in [-0.4, -0.2) is 62.7 Å². The number of halogens is 3. The molecule has 2 amide bonds. The van der Waals surface area contributed by atoms with Crippen LogP contribution in [0.5, 0.6) is 0 Å². The number of benzene rings is 3. The topological polar surface area (TPSA) is 90.0 Å². The molecule has 40 heavy (non-hydrogen) atoms. The fourth-order valence-electron chi connectivity index (χ4n) is 4.00. The Morgan fingerprint density at radius 2 is 1.62 bits per heavy atom. The number of nitrogens with one attached hydrogen (secondary N) is 1. The molecule has 0 aliphatic heterocycles. The van der Waals surface area contributed by atoms with Crippen LogP contribution in [0.1, 0.15) is 18.1 Å². The Balaban J connectivity index is 2.10. The van der Waals surface area contributed by atoms with Gasteiger partial charge in [0.2, 0.25) is 11.8 Å². The lowest BCUT2D eigenvalue weighted by Crippen LogP contribution is -2.54. The Kier molecular flexibility index (Phi) is 10.9. The highest BCUT2D eigenvalue weighted by Gasteiger charge is 2.34. The number of likely N-dealkylation sites (N-methyl/N-ethyl adjacent to an activating group) is 1. The Hall–Kier alpha value is -3.18. The van der Waals surface area contributed by atoms with Gasteiger partial charge in [0.05, 0.1) is 5.69 Å². The summed E-state index contributed by atoms with van der Waals surface area (Å²) in [7, 11) is -1.53. The highest BCUT2D eigenvalue weighted by molar-refractivity contribution is 7.90. The maximum absolute atomic E-state index is 14.1. The molecule has 8 nitrogen and oxygen atoms in total. The van der Waals surface area contributed by atoms with Crippen LogP contribution in [0.25, 0.3) is 0 Å². The van der Waals surface area contributed by atoms with Crippen LogP contribution in [0.2, 0.25) is 10.0 Å². The van der Waals surface area contributed by atoms with E-state index in [1.807, 2.05) is 30.3 Å². The van der Waals surface area contributed by atoms with Gasteiger partial charge in [0.1, 0.15) is 18.4 Å². The first kappa shape index (κ1) is 31.3. The third-order valence-electron chi connectivity index (χ3n) is 6.11. The van der Waals surface area contributed by atoms with Crippen molar-refractivity contribution < 1.29 is 22.4 Å². The lowest BCUT2D eigenvalue weighted by atomic mass is 10.0. The minimum Gasteiger partial charge on any atom is -0.355 e. The van der Waals surface area contributed by atoms with Crippen molar-refractivity contribution in [3.8, 4) is 0 Å². The van der Waals surface area contributed by atoms with Gasteiger partial charge in [0.15, 0.2) is 0 Å². The number of anilines is 1. The van der Waals surface area contributed by atoms with Crippen LogP contribution in [0.15, 0.2) is 72.8 Å². The maximum Gasteiger partial charge on any atom is 0.304 e. The van der Waals surface area contributed by atoms with Gasteiger partial charge in [-0.1, -0.05) is 59.6 Å². The second-order valence-electron chi connectivity index (χ2n) is 9.13. The van der Waals surface area contributed by atoms with E-state index in [1.165, 1.54) is 37.2 Å². The van der Waals surface area contributed by atoms with Crippen LogP contribution in [0.3, 0.4) is 0 Å². The Labute approximate surface area is 244 Å². The molecule has 0 saturated carbocycles. The molecule has 3 rings (SSSR count). The standard InChI is InChI=1S/C28H31Cl2FN4O4S/c1-4-32-28(37)26(16-20-8-6-5-7-9-20)34(18-21-10-11-22(29)17-25(21)30)27(36)19-35(40(38,39)33(2)3)24-14-12-23(31)13-15-24/h5-15,17,26H,4,16,18-19H2,1-3H3,(H,32,37)/t26-/m0/s1. The summed E-state index contributed by atoms with van der Waals surface area (Å²) < 4.78 is 42.1. The number of nitrogens with zero attached hydrogens (tertiary/aromatic N) is 3. The zero-order chi connectivity index (χ0) is 29.4. The molecule has 0 aliphatic rings. The predicted octanol–water partition coefficient (Wildman–Crippen LogP) is 4.52. The van der Waals surface area contributed by atoms with E-state index in [9.17, 15) is 22.4 Å². The van der Waals surface area contributed by atoms with Gasteiger partial charge in [0, 0.05) is 43.7 Å². The zero-order valence-electron chi connectivity index (χ0n) is 22.4. The summed E-state index contributed by atoms with van der Waals surface area (Å²) in [4.78, 5) is 28.8. The molecule has 0 fully saturated rings. The molecule has 3 aromatic carbocycles. The van der Waals surface area contributed by atoms with Crippen LogP contribution >= 0.6 is 23.2 Å². The van der Waals surface area contributed by atoms with E-state index in [4.69, 9.17) is 23.2 Å². The summed E-state index contributed by atoms with van der Waals surface area (Å²) in [5.41, 5.74) is 1.41. The summed E-state index contributed by atoms with van der Waals surface area (Å²) in [5.74, 6) is -1.63. The molecule has 1 atom stereocenters. The van der Waals surface area contributed by atoms with E-state index < -0.39 is 40.4 Å². The van der Waals surface area contributed by atoms with Crippen LogP contribution < -0.4 is 9.62 Å². The van der Waals surface area contributed by atoms with Crippen molar-refractivity contribution in [2.24, 2.45) is 0 Å². The largest absolute Gasteiger partial charge is 0.355 e. The quantitative estimate of drug-likeness (QED) is 0.327. The second kappa shape index (κ2) is 13.9. The van der Waals surface area contributed by atoms with E-state index in [2.05, 4.69) is 5.32 Å². The van der Waals surface area contributed by atoms with E-state index in [1.54, 1.807) is 19.1 Å². The first-order valence-electron chi connectivity index (χ1n) is 12.4. The highest BCUT2D eigenvalue weighted by atomic mass is 35.5. The van der Waals surface area contributed by atoms with Gasteiger partial charge in [-0.05, 0) is 54.4 Å². The molecule has 12 heteroatoms.